The maximum absolute atomic E-state index is 12.6. The molecule has 24 heavy (non-hydrogen) atoms. The van der Waals surface area contributed by atoms with Crippen LogP contribution in [0.1, 0.15) is 49.4 Å². The van der Waals surface area contributed by atoms with E-state index in [1.54, 1.807) is 13.2 Å². The summed E-state index contributed by atoms with van der Waals surface area (Å²) in [5, 5.41) is 0. The van der Waals surface area contributed by atoms with Crippen molar-refractivity contribution in [2.45, 2.75) is 52.1 Å². The van der Waals surface area contributed by atoms with Gasteiger partial charge in [-0.25, -0.2) is 0 Å². The number of furan rings is 1. The van der Waals surface area contributed by atoms with E-state index < -0.39 is 0 Å². The Labute approximate surface area is 144 Å². The summed E-state index contributed by atoms with van der Waals surface area (Å²) in [6, 6.07) is 4.68. The minimum atomic E-state index is 0.0325. The van der Waals surface area contributed by atoms with Gasteiger partial charge in [-0.1, -0.05) is 0 Å². The summed E-state index contributed by atoms with van der Waals surface area (Å²) in [6.45, 7) is 9.97. The Morgan fingerprint density at radius 2 is 2.08 bits per heavy atom. The highest BCUT2D eigenvalue weighted by atomic mass is 16.5. The largest absolute Gasteiger partial charge is 0.456 e. The first kappa shape index (κ1) is 17.5. The Morgan fingerprint density at radius 1 is 1.38 bits per heavy atom. The smallest absolute Gasteiger partial charge is 0.289 e. The third kappa shape index (κ3) is 3.38. The van der Waals surface area contributed by atoms with Crippen LogP contribution in [-0.4, -0.2) is 61.1 Å². The minimum absolute atomic E-state index is 0.0325. The van der Waals surface area contributed by atoms with Gasteiger partial charge in [0, 0.05) is 38.8 Å². The molecule has 0 radical (unpaired) electrons. The maximum Gasteiger partial charge on any atom is 0.289 e. The molecule has 3 rings (SSSR count). The van der Waals surface area contributed by atoms with Gasteiger partial charge in [0.2, 0.25) is 0 Å². The highest BCUT2D eigenvalue weighted by molar-refractivity contribution is 5.91. The molecule has 0 aromatic carbocycles. The topological polar surface area (TPSA) is 45.9 Å². The van der Waals surface area contributed by atoms with Gasteiger partial charge in [-0.05, 0) is 57.6 Å². The van der Waals surface area contributed by atoms with Gasteiger partial charge in [0.25, 0.3) is 5.91 Å². The van der Waals surface area contributed by atoms with Crippen LogP contribution in [0.15, 0.2) is 16.5 Å². The molecule has 1 aromatic heterocycles. The lowest BCUT2D eigenvalue weighted by atomic mass is 9.76. The van der Waals surface area contributed by atoms with Gasteiger partial charge < -0.3 is 14.1 Å². The number of piperidine rings is 1. The first-order chi connectivity index (χ1) is 11.4. The number of aryl methyl sites for hydroxylation is 1. The van der Waals surface area contributed by atoms with E-state index in [0.29, 0.717) is 23.3 Å². The lowest BCUT2D eigenvalue weighted by molar-refractivity contribution is 0.0551. The Kier molecular flexibility index (Phi) is 5.02. The van der Waals surface area contributed by atoms with E-state index in [0.717, 1.165) is 44.8 Å². The Bertz CT molecular complexity index is 573. The molecule has 0 unspecified atom stereocenters. The number of methoxy groups -OCH3 is 1. The van der Waals surface area contributed by atoms with Crippen LogP contribution >= 0.6 is 0 Å². The molecule has 5 heteroatoms. The Balaban J connectivity index is 1.63. The molecule has 1 spiro atoms. The fourth-order valence-corrected chi connectivity index (χ4v) is 4.40. The second-order valence-electron chi connectivity index (χ2n) is 7.78. The second kappa shape index (κ2) is 6.89. The number of rotatable bonds is 4. The van der Waals surface area contributed by atoms with Gasteiger partial charge in [-0.2, -0.15) is 0 Å². The molecule has 2 saturated heterocycles. The molecular weight excluding hydrogens is 304 g/mol. The Morgan fingerprint density at radius 3 is 2.62 bits per heavy atom. The molecule has 2 fully saturated rings. The van der Waals surface area contributed by atoms with E-state index in [2.05, 4.69) is 18.7 Å². The van der Waals surface area contributed by atoms with E-state index in [1.807, 2.05) is 17.9 Å². The van der Waals surface area contributed by atoms with E-state index in [9.17, 15) is 4.79 Å². The predicted octanol–water partition coefficient (Wildman–Crippen LogP) is 2.94. The normalized spacial score (nSPS) is 24.2. The fraction of sp³-hybridized carbons (Fsp3) is 0.737. The van der Waals surface area contributed by atoms with Gasteiger partial charge in [0.1, 0.15) is 5.76 Å². The van der Waals surface area contributed by atoms with Crippen LogP contribution in [0.2, 0.25) is 0 Å². The molecule has 2 aliphatic rings. The molecular formula is C19H30N2O3. The number of ether oxygens (including phenoxy) is 1. The van der Waals surface area contributed by atoms with Crippen molar-refractivity contribution in [1.82, 2.24) is 9.80 Å². The SMILES string of the molecule is COC[C@H]1CC2(CCN(C(=O)c3ccc(C)o3)CC2)CN1C(C)C. The summed E-state index contributed by atoms with van der Waals surface area (Å²) in [6.07, 6.45) is 3.32. The molecule has 0 aliphatic carbocycles. The third-order valence-electron chi connectivity index (χ3n) is 5.74. The van der Waals surface area contributed by atoms with Gasteiger partial charge in [0.15, 0.2) is 5.76 Å². The summed E-state index contributed by atoms with van der Waals surface area (Å²) < 4.78 is 10.9. The van der Waals surface area contributed by atoms with Crippen molar-refractivity contribution < 1.29 is 13.9 Å². The lowest BCUT2D eigenvalue weighted by Gasteiger charge is -2.39. The Hall–Kier alpha value is -1.33. The van der Waals surface area contributed by atoms with Gasteiger partial charge >= 0.3 is 0 Å². The molecule has 3 heterocycles. The number of nitrogens with zero attached hydrogens (tertiary/aromatic N) is 2. The first-order valence-electron chi connectivity index (χ1n) is 9.04. The van der Waals surface area contributed by atoms with Gasteiger partial charge in [-0.15, -0.1) is 0 Å². The number of carbonyl (C=O) groups excluding carboxylic acids is 1. The standard InChI is InChI=1S/C19H30N2O3/c1-14(2)21-13-19(11-16(21)12-23-4)7-9-20(10-8-19)18(22)17-6-5-15(3)24-17/h5-6,14,16H,7-13H2,1-4H3/t16-/m1/s1. The van der Waals surface area contributed by atoms with Gasteiger partial charge in [-0.3, -0.25) is 9.69 Å². The first-order valence-corrected chi connectivity index (χ1v) is 9.04. The van der Waals surface area contributed by atoms with Crippen molar-refractivity contribution >= 4 is 5.91 Å². The third-order valence-corrected chi connectivity index (χ3v) is 5.74. The van der Waals surface area contributed by atoms with Crippen molar-refractivity contribution in [2.24, 2.45) is 5.41 Å². The maximum atomic E-state index is 12.6. The zero-order valence-electron chi connectivity index (χ0n) is 15.4. The van der Waals surface area contributed by atoms with Crippen LogP contribution < -0.4 is 0 Å². The molecule has 0 saturated carbocycles. The van der Waals surface area contributed by atoms with Crippen LogP contribution in [0.5, 0.6) is 0 Å². The van der Waals surface area contributed by atoms with Crippen LogP contribution in [-0.2, 0) is 4.74 Å². The number of carbonyl (C=O) groups is 1. The molecule has 1 aromatic rings. The lowest BCUT2D eigenvalue weighted by Crippen LogP contribution is -2.44. The van der Waals surface area contributed by atoms with E-state index >= 15 is 0 Å². The average Bonchev–Trinajstić information content (AvgIpc) is 3.13. The highest BCUT2D eigenvalue weighted by Gasteiger charge is 2.46. The van der Waals surface area contributed by atoms with E-state index in [4.69, 9.17) is 9.15 Å². The van der Waals surface area contributed by atoms with Crippen molar-refractivity contribution in [3.05, 3.63) is 23.7 Å². The minimum Gasteiger partial charge on any atom is -0.456 e. The summed E-state index contributed by atoms with van der Waals surface area (Å²) in [5.41, 5.74) is 0.337. The number of amides is 1. The molecule has 0 N–H and O–H groups in total. The van der Waals surface area contributed by atoms with Crippen LogP contribution in [0.3, 0.4) is 0 Å². The quantitative estimate of drug-likeness (QED) is 0.849. The zero-order chi connectivity index (χ0) is 17.3. The number of hydrogen-bond donors (Lipinski definition) is 0. The number of likely N-dealkylation sites (tertiary alicyclic amines) is 2. The van der Waals surface area contributed by atoms with E-state index in [-0.39, 0.29) is 5.91 Å². The molecule has 134 valence electrons. The molecule has 5 nitrogen and oxygen atoms in total. The van der Waals surface area contributed by atoms with Crippen molar-refractivity contribution in [1.29, 1.82) is 0 Å². The van der Waals surface area contributed by atoms with Crippen LogP contribution in [0.4, 0.5) is 0 Å². The monoisotopic (exact) mass is 334 g/mol. The average molecular weight is 334 g/mol. The zero-order valence-corrected chi connectivity index (χ0v) is 15.4. The van der Waals surface area contributed by atoms with Crippen molar-refractivity contribution in [2.75, 3.05) is 33.4 Å². The number of hydrogen-bond acceptors (Lipinski definition) is 4. The van der Waals surface area contributed by atoms with E-state index in [1.165, 1.54) is 6.42 Å². The summed E-state index contributed by atoms with van der Waals surface area (Å²) in [4.78, 5) is 17.1. The van der Waals surface area contributed by atoms with Crippen molar-refractivity contribution in [3.63, 3.8) is 0 Å². The molecule has 2 aliphatic heterocycles. The summed E-state index contributed by atoms with van der Waals surface area (Å²) in [7, 11) is 1.79. The van der Waals surface area contributed by atoms with Crippen LogP contribution in [0.25, 0.3) is 0 Å². The van der Waals surface area contributed by atoms with Crippen LogP contribution in [0, 0.1) is 12.3 Å². The molecule has 0 bridgehead atoms. The molecule has 1 atom stereocenters. The second-order valence-corrected chi connectivity index (χ2v) is 7.78. The van der Waals surface area contributed by atoms with Crippen molar-refractivity contribution in [3.8, 4) is 0 Å². The predicted molar refractivity (Wildman–Crippen MR) is 93.1 cm³/mol. The fourth-order valence-electron chi connectivity index (χ4n) is 4.40. The highest BCUT2D eigenvalue weighted by Crippen LogP contribution is 2.44. The van der Waals surface area contributed by atoms with Gasteiger partial charge in [0.05, 0.1) is 6.61 Å². The summed E-state index contributed by atoms with van der Waals surface area (Å²) in [5.74, 6) is 1.29. The molecule has 1 amide bonds. The summed E-state index contributed by atoms with van der Waals surface area (Å²) >= 11 is 0.